The Bertz CT molecular complexity index is 409. The van der Waals surface area contributed by atoms with Gasteiger partial charge in [-0.15, -0.1) is 0 Å². The molecule has 0 aromatic heterocycles. The summed E-state index contributed by atoms with van der Waals surface area (Å²) in [5, 5.41) is 7.69. The first-order chi connectivity index (χ1) is 12.2. The lowest BCUT2D eigenvalue weighted by Crippen LogP contribution is -2.04. The van der Waals surface area contributed by atoms with Crippen molar-refractivity contribution >= 4 is 11.7 Å². The number of rotatable bonds is 17. The normalized spacial score (nSPS) is 14.0. The van der Waals surface area contributed by atoms with E-state index in [1.807, 2.05) is 6.08 Å². The molecule has 0 spiro atoms. The highest BCUT2D eigenvalue weighted by molar-refractivity contribution is 6.15. The van der Waals surface area contributed by atoms with Crippen molar-refractivity contribution in [2.45, 2.75) is 116 Å². The lowest BCUT2D eigenvalue weighted by atomic mass is 10.0. The van der Waals surface area contributed by atoms with Crippen molar-refractivity contribution in [1.29, 1.82) is 5.41 Å². The predicted molar refractivity (Wildman–Crippen MR) is 112 cm³/mol. The number of amidine groups is 2. The molecule has 3 N–H and O–H groups in total. The van der Waals surface area contributed by atoms with E-state index in [1.165, 1.54) is 96.3 Å². The Morgan fingerprint density at radius 1 is 0.720 bits per heavy atom. The van der Waals surface area contributed by atoms with E-state index in [1.54, 1.807) is 0 Å². The van der Waals surface area contributed by atoms with Gasteiger partial charge in [0.1, 0.15) is 11.7 Å². The largest absolute Gasteiger partial charge is 0.384 e. The molecule has 1 aliphatic heterocycles. The lowest BCUT2D eigenvalue weighted by molar-refractivity contribution is 0.529. The summed E-state index contributed by atoms with van der Waals surface area (Å²) in [5.74, 6) is 0.870. The van der Waals surface area contributed by atoms with Crippen LogP contribution in [0.25, 0.3) is 0 Å². The Morgan fingerprint density at radius 3 is 1.48 bits per heavy atom. The van der Waals surface area contributed by atoms with E-state index in [-0.39, 0.29) is 0 Å². The molecule has 1 rings (SSSR count). The van der Waals surface area contributed by atoms with Gasteiger partial charge in [0.15, 0.2) is 0 Å². The maximum Gasteiger partial charge on any atom is 0.150 e. The SMILES string of the molecule is CCCCCCCCCCCCCCCCCCC1=CC(N)=NC1=N. The average molecular weight is 348 g/mol. The zero-order valence-electron chi connectivity index (χ0n) is 16.6. The monoisotopic (exact) mass is 347 g/mol. The van der Waals surface area contributed by atoms with Crippen molar-refractivity contribution in [3.8, 4) is 0 Å². The molecule has 0 aromatic carbocycles. The van der Waals surface area contributed by atoms with Gasteiger partial charge in [0.05, 0.1) is 0 Å². The Morgan fingerprint density at radius 2 is 1.12 bits per heavy atom. The summed E-state index contributed by atoms with van der Waals surface area (Å²) in [6.07, 6.45) is 25.1. The minimum atomic E-state index is 0.374. The number of aliphatic imine (C=N–C) groups is 1. The highest BCUT2D eigenvalue weighted by Gasteiger charge is 2.11. The molecule has 0 aromatic rings. The molecule has 25 heavy (non-hydrogen) atoms. The van der Waals surface area contributed by atoms with E-state index >= 15 is 0 Å². The Labute approximate surface area is 156 Å². The quantitative estimate of drug-likeness (QED) is 0.276. The molecule has 0 unspecified atom stereocenters. The van der Waals surface area contributed by atoms with Gasteiger partial charge in [-0.2, -0.15) is 0 Å². The molecule has 0 amide bonds. The first kappa shape index (κ1) is 21.9. The van der Waals surface area contributed by atoms with Crippen LogP contribution in [0.3, 0.4) is 0 Å². The summed E-state index contributed by atoms with van der Waals surface area (Å²) in [7, 11) is 0. The minimum Gasteiger partial charge on any atom is -0.384 e. The van der Waals surface area contributed by atoms with Gasteiger partial charge in [-0.1, -0.05) is 103 Å². The number of nitrogens with zero attached hydrogens (tertiary/aromatic N) is 1. The van der Waals surface area contributed by atoms with Gasteiger partial charge in [0, 0.05) is 0 Å². The summed E-state index contributed by atoms with van der Waals surface area (Å²) in [4.78, 5) is 3.95. The van der Waals surface area contributed by atoms with Crippen molar-refractivity contribution in [2.24, 2.45) is 10.7 Å². The molecular formula is C22H41N3. The summed E-state index contributed by atoms with van der Waals surface area (Å²) in [6, 6.07) is 0. The minimum absolute atomic E-state index is 0.374. The van der Waals surface area contributed by atoms with Crippen LogP contribution >= 0.6 is 0 Å². The predicted octanol–water partition coefficient (Wildman–Crippen LogP) is 6.91. The van der Waals surface area contributed by atoms with Crippen LogP contribution in [-0.2, 0) is 0 Å². The molecule has 0 atom stereocenters. The van der Waals surface area contributed by atoms with Crippen LogP contribution in [0.15, 0.2) is 16.6 Å². The Balaban J connectivity index is 1.74. The zero-order chi connectivity index (χ0) is 18.2. The second-order valence-electron chi connectivity index (χ2n) is 7.61. The van der Waals surface area contributed by atoms with Gasteiger partial charge in [-0.25, -0.2) is 4.99 Å². The second-order valence-corrected chi connectivity index (χ2v) is 7.61. The van der Waals surface area contributed by atoms with Crippen LogP contribution in [0.5, 0.6) is 0 Å². The highest BCUT2D eigenvalue weighted by atomic mass is 14.9. The maximum atomic E-state index is 7.69. The maximum absolute atomic E-state index is 7.69. The third-order valence-electron chi connectivity index (χ3n) is 5.17. The molecule has 3 heteroatoms. The third-order valence-corrected chi connectivity index (χ3v) is 5.17. The van der Waals surface area contributed by atoms with Crippen molar-refractivity contribution in [1.82, 2.24) is 0 Å². The van der Waals surface area contributed by atoms with E-state index in [0.29, 0.717) is 11.7 Å². The van der Waals surface area contributed by atoms with E-state index in [9.17, 15) is 0 Å². The molecule has 0 radical (unpaired) electrons. The van der Waals surface area contributed by atoms with Gasteiger partial charge in [0.2, 0.25) is 0 Å². The number of nitrogens with two attached hydrogens (primary N) is 1. The fourth-order valence-electron chi connectivity index (χ4n) is 3.53. The number of hydrogen-bond donors (Lipinski definition) is 2. The van der Waals surface area contributed by atoms with Crippen LogP contribution < -0.4 is 5.73 Å². The molecule has 3 nitrogen and oxygen atoms in total. The van der Waals surface area contributed by atoms with Gasteiger partial charge in [0.25, 0.3) is 0 Å². The smallest absolute Gasteiger partial charge is 0.150 e. The average Bonchev–Trinajstić information content (AvgIpc) is 2.92. The molecule has 1 heterocycles. The Hall–Kier alpha value is -1.12. The van der Waals surface area contributed by atoms with Crippen LogP contribution in [0, 0.1) is 5.41 Å². The van der Waals surface area contributed by atoms with Gasteiger partial charge >= 0.3 is 0 Å². The first-order valence-corrected chi connectivity index (χ1v) is 10.9. The standard InChI is InChI=1S/C22H41N3/c1-2-3-4-5-6-7-8-9-10-11-12-13-14-15-16-17-18-20-19-21(23)25-22(20)24/h19H,2-18H2,1H3,(H3,23,24,25). The van der Waals surface area contributed by atoms with E-state index < -0.39 is 0 Å². The molecule has 0 fully saturated rings. The van der Waals surface area contributed by atoms with Crippen molar-refractivity contribution in [3.05, 3.63) is 11.6 Å². The number of nitrogens with one attached hydrogen (secondary N) is 1. The van der Waals surface area contributed by atoms with Crippen LogP contribution in [0.2, 0.25) is 0 Å². The summed E-state index contributed by atoms with van der Waals surface area (Å²) >= 11 is 0. The molecule has 0 saturated heterocycles. The van der Waals surface area contributed by atoms with E-state index in [4.69, 9.17) is 11.1 Å². The van der Waals surface area contributed by atoms with Crippen LogP contribution in [0.4, 0.5) is 0 Å². The molecule has 0 bridgehead atoms. The highest BCUT2D eigenvalue weighted by Crippen LogP contribution is 2.17. The Kier molecular flexibility index (Phi) is 13.3. The lowest BCUT2D eigenvalue weighted by Gasteiger charge is -2.04. The first-order valence-electron chi connectivity index (χ1n) is 10.9. The van der Waals surface area contributed by atoms with E-state index in [2.05, 4.69) is 11.9 Å². The fraction of sp³-hybridized carbons (Fsp3) is 0.818. The molecule has 0 saturated carbocycles. The van der Waals surface area contributed by atoms with Crippen molar-refractivity contribution in [3.63, 3.8) is 0 Å². The molecular weight excluding hydrogens is 306 g/mol. The third kappa shape index (κ3) is 12.0. The van der Waals surface area contributed by atoms with Crippen LogP contribution in [-0.4, -0.2) is 11.7 Å². The zero-order valence-corrected chi connectivity index (χ0v) is 16.6. The van der Waals surface area contributed by atoms with Gasteiger partial charge in [-0.3, -0.25) is 5.41 Å². The molecule has 1 aliphatic rings. The molecule has 0 aliphatic carbocycles. The van der Waals surface area contributed by atoms with Gasteiger partial charge in [-0.05, 0) is 24.5 Å². The summed E-state index contributed by atoms with van der Waals surface area (Å²) in [5.41, 5.74) is 6.63. The van der Waals surface area contributed by atoms with E-state index in [0.717, 1.165) is 18.4 Å². The summed E-state index contributed by atoms with van der Waals surface area (Å²) in [6.45, 7) is 2.28. The fourth-order valence-corrected chi connectivity index (χ4v) is 3.53. The summed E-state index contributed by atoms with van der Waals surface area (Å²) < 4.78 is 0. The number of unbranched alkanes of at least 4 members (excludes halogenated alkanes) is 15. The topological polar surface area (TPSA) is 62.2 Å². The number of hydrogen-bond acceptors (Lipinski definition) is 2. The van der Waals surface area contributed by atoms with Crippen molar-refractivity contribution < 1.29 is 0 Å². The molecule has 144 valence electrons. The van der Waals surface area contributed by atoms with Gasteiger partial charge < -0.3 is 5.73 Å². The second kappa shape index (κ2) is 15.2. The van der Waals surface area contributed by atoms with Crippen molar-refractivity contribution in [2.75, 3.05) is 0 Å². The van der Waals surface area contributed by atoms with Crippen LogP contribution in [0.1, 0.15) is 116 Å².